The standard InChI is InChI=1S/C49H77N7O9/c1-4-45-44(46-52-40(2)34-41(3)56(46)53-45)35-43-9-7-42(8-10-43)6-5-13-54-14-16-55(17-15-54)39-48-36-49(37-48,38-48)47(57)51-12-19-59-21-23-61-25-27-63-29-31-65-33-32-64-30-28-62-26-24-60-22-20-58-18-11-50/h5-10,34H,4,11-33,35-39,50H2,1-3H3,(H,51,57)/b6-5+. The van der Waals surface area contributed by atoms with E-state index in [-0.39, 0.29) is 11.3 Å². The molecule has 1 saturated heterocycles. The predicted octanol–water partition coefficient (Wildman–Crippen LogP) is 3.51. The van der Waals surface area contributed by atoms with E-state index in [1.807, 2.05) is 4.52 Å². The number of rotatable bonds is 35. The third-order valence-corrected chi connectivity index (χ3v) is 12.5. The summed E-state index contributed by atoms with van der Waals surface area (Å²) >= 11 is 0. The van der Waals surface area contributed by atoms with Crippen molar-refractivity contribution in [3.8, 4) is 0 Å². The number of hydrogen-bond donors (Lipinski definition) is 2. The summed E-state index contributed by atoms with van der Waals surface area (Å²) in [4.78, 5) is 23.0. The Labute approximate surface area is 386 Å². The first-order chi connectivity index (χ1) is 31.8. The lowest BCUT2D eigenvalue weighted by atomic mass is 9.34. The lowest BCUT2D eigenvalue weighted by Crippen LogP contribution is -2.71. The second kappa shape index (κ2) is 27.4. The van der Waals surface area contributed by atoms with Crippen LogP contribution in [0, 0.1) is 24.7 Å². The van der Waals surface area contributed by atoms with E-state index >= 15 is 0 Å². The number of aryl methyl sites for hydroxylation is 3. The Morgan fingerprint density at radius 1 is 0.723 bits per heavy atom. The third kappa shape index (κ3) is 16.1. The first-order valence-corrected chi connectivity index (χ1v) is 24.0. The maximum atomic E-state index is 13.0. The number of fused-ring (bicyclic) bond motifs is 1. The van der Waals surface area contributed by atoms with Gasteiger partial charge in [-0.05, 0) is 62.1 Å². The van der Waals surface area contributed by atoms with E-state index in [0.717, 1.165) is 94.1 Å². The van der Waals surface area contributed by atoms with E-state index in [2.05, 4.69) is 78.4 Å². The summed E-state index contributed by atoms with van der Waals surface area (Å²) in [6, 6.07) is 11.0. The highest BCUT2D eigenvalue weighted by molar-refractivity contribution is 5.86. The van der Waals surface area contributed by atoms with Crippen LogP contribution in [0.1, 0.15) is 60.0 Å². The molecule has 65 heavy (non-hydrogen) atoms. The summed E-state index contributed by atoms with van der Waals surface area (Å²) in [5.74, 6) is 0.198. The van der Waals surface area contributed by atoms with Crippen molar-refractivity contribution >= 4 is 17.6 Å². The number of aromatic nitrogens is 3. The normalized spacial score (nSPS) is 19.9. The van der Waals surface area contributed by atoms with E-state index < -0.39 is 0 Å². The van der Waals surface area contributed by atoms with Crippen molar-refractivity contribution in [2.24, 2.45) is 16.6 Å². The van der Waals surface area contributed by atoms with Crippen molar-refractivity contribution in [2.45, 2.75) is 52.9 Å². The number of ether oxygens (including phenoxy) is 8. The van der Waals surface area contributed by atoms with Crippen LogP contribution in [0.15, 0.2) is 36.4 Å². The lowest BCUT2D eigenvalue weighted by Gasteiger charge is -2.70. The molecule has 7 rings (SSSR count). The van der Waals surface area contributed by atoms with Gasteiger partial charge in [0.25, 0.3) is 0 Å². The maximum absolute atomic E-state index is 13.0. The number of piperazine rings is 1. The molecule has 1 aromatic carbocycles. The van der Waals surface area contributed by atoms with Gasteiger partial charge in [-0.3, -0.25) is 9.69 Å². The summed E-state index contributed by atoms with van der Waals surface area (Å²) in [5, 5.41) is 7.98. The predicted molar refractivity (Wildman–Crippen MR) is 250 cm³/mol. The molecular formula is C49H77N7O9. The molecule has 1 aliphatic heterocycles. The SMILES string of the molecule is CCc1nn2c(C)cc(C)nc2c1Cc1ccc(/C=C/CN2CCN(CC34CC(C(=O)NCCOCCOCCOCCOCCOCCOCCOCCOCCN)(C3)C4)CC2)cc1. The van der Waals surface area contributed by atoms with E-state index in [4.69, 9.17) is 53.7 Å². The molecule has 4 fully saturated rings. The zero-order chi connectivity index (χ0) is 45.6. The molecule has 362 valence electrons. The Bertz CT molecular complexity index is 1850. The number of nitrogens with two attached hydrogens (primary N) is 1. The van der Waals surface area contributed by atoms with Crippen molar-refractivity contribution < 1.29 is 42.7 Å². The number of carbonyl (C=O) groups excluding carboxylic acids is 1. The molecule has 3 aromatic rings. The van der Waals surface area contributed by atoms with Crippen molar-refractivity contribution in [3.05, 3.63) is 70.2 Å². The molecule has 0 radical (unpaired) electrons. The van der Waals surface area contributed by atoms with Crippen LogP contribution in [0.2, 0.25) is 0 Å². The Kier molecular flexibility index (Phi) is 21.5. The van der Waals surface area contributed by atoms with Gasteiger partial charge in [-0.1, -0.05) is 43.3 Å². The molecule has 2 bridgehead atoms. The fourth-order valence-corrected chi connectivity index (χ4v) is 9.32. The largest absolute Gasteiger partial charge is 0.378 e. The molecule has 0 spiro atoms. The Morgan fingerprint density at radius 2 is 1.23 bits per heavy atom. The highest BCUT2D eigenvalue weighted by atomic mass is 16.6. The molecule has 0 atom stereocenters. The van der Waals surface area contributed by atoms with Crippen LogP contribution in [0.5, 0.6) is 0 Å². The van der Waals surface area contributed by atoms with Gasteiger partial charge in [0.1, 0.15) is 0 Å². The van der Waals surface area contributed by atoms with Crippen molar-refractivity contribution in [2.75, 3.05) is 158 Å². The van der Waals surface area contributed by atoms with Crippen LogP contribution >= 0.6 is 0 Å². The average molecular weight is 908 g/mol. The van der Waals surface area contributed by atoms with E-state index in [1.54, 1.807) is 0 Å². The Hall–Kier alpha value is -3.39. The highest BCUT2D eigenvalue weighted by Crippen LogP contribution is 2.73. The molecule has 3 saturated carbocycles. The number of hydrogen-bond acceptors (Lipinski definition) is 14. The number of amides is 1. The van der Waals surface area contributed by atoms with Crippen LogP contribution in [0.4, 0.5) is 0 Å². The molecule has 3 aliphatic carbocycles. The minimum atomic E-state index is -0.151. The van der Waals surface area contributed by atoms with Crippen LogP contribution in [-0.4, -0.2) is 188 Å². The first-order valence-electron chi connectivity index (χ1n) is 24.0. The van der Waals surface area contributed by atoms with Gasteiger partial charge in [-0.25, -0.2) is 9.50 Å². The minimum Gasteiger partial charge on any atom is -0.378 e. The van der Waals surface area contributed by atoms with Gasteiger partial charge in [0.05, 0.1) is 117 Å². The molecule has 2 aromatic heterocycles. The number of benzene rings is 1. The maximum Gasteiger partial charge on any atom is 0.226 e. The van der Waals surface area contributed by atoms with Gasteiger partial charge in [0.2, 0.25) is 5.91 Å². The molecule has 3 heterocycles. The van der Waals surface area contributed by atoms with Crippen LogP contribution in [-0.2, 0) is 55.5 Å². The van der Waals surface area contributed by atoms with Gasteiger partial charge in [0, 0.05) is 75.7 Å². The molecule has 0 unspecified atom stereocenters. The van der Waals surface area contributed by atoms with Gasteiger partial charge in [-0.2, -0.15) is 5.10 Å². The smallest absolute Gasteiger partial charge is 0.226 e. The molecule has 1 amide bonds. The van der Waals surface area contributed by atoms with Crippen molar-refractivity contribution in [1.29, 1.82) is 0 Å². The average Bonchev–Trinajstić information content (AvgIpc) is 3.63. The number of nitrogens with one attached hydrogen (secondary N) is 1. The lowest BCUT2D eigenvalue weighted by molar-refractivity contribution is -0.214. The van der Waals surface area contributed by atoms with E-state index in [0.29, 0.717) is 124 Å². The van der Waals surface area contributed by atoms with Gasteiger partial charge in [0.15, 0.2) is 5.65 Å². The van der Waals surface area contributed by atoms with E-state index in [1.165, 1.54) is 16.7 Å². The van der Waals surface area contributed by atoms with Crippen LogP contribution < -0.4 is 11.1 Å². The monoisotopic (exact) mass is 908 g/mol. The quantitative estimate of drug-likeness (QED) is 0.0825. The fraction of sp³-hybridized carbons (Fsp3) is 0.694. The van der Waals surface area contributed by atoms with E-state index in [9.17, 15) is 4.79 Å². The molecule has 16 nitrogen and oxygen atoms in total. The second-order valence-corrected chi connectivity index (χ2v) is 17.7. The molecule has 3 N–H and O–H groups in total. The van der Waals surface area contributed by atoms with Crippen molar-refractivity contribution in [3.63, 3.8) is 0 Å². The van der Waals surface area contributed by atoms with Gasteiger partial charge in [-0.15, -0.1) is 0 Å². The third-order valence-electron chi connectivity index (χ3n) is 12.5. The Balaban J connectivity index is 0.700. The van der Waals surface area contributed by atoms with Crippen molar-refractivity contribution in [1.82, 2.24) is 29.7 Å². The summed E-state index contributed by atoms with van der Waals surface area (Å²) < 4.78 is 45.9. The molecule has 16 heteroatoms. The van der Waals surface area contributed by atoms with Gasteiger partial charge >= 0.3 is 0 Å². The topological polar surface area (TPSA) is 166 Å². The summed E-state index contributed by atoms with van der Waals surface area (Å²) in [6.07, 6.45) is 9.31. The molecular weight excluding hydrogens is 831 g/mol. The summed E-state index contributed by atoms with van der Waals surface area (Å²) in [6.45, 7) is 22.0. The summed E-state index contributed by atoms with van der Waals surface area (Å²) in [5.41, 5.74) is 13.5. The Morgan fingerprint density at radius 3 is 1.75 bits per heavy atom. The molecule has 4 aliphatic rings. The fourth-order valence-electron chi connectivity index (χ4n) is 9.32. The highest BCUT2D eigenvalue weighted by Gasteiger charge is 2.71. The first kappa shape index (κ1) is 51.0. The number of nitrogens with zero attached hydrogens (tertiary/aromatic N) is 5. The number of carbonyl (C=O) groups is 1. The zero-order valence-corrected chi connectivity index (χ0v) is 39.5. The van der Waals surface area contributed by atoms with Crippen LogP contribution in [0.3, 0.4) is 0 Å². The van der Waals surface area contributed by atoms with Crippen LogP contribution in [0.25, 0.3) is 11.7 Å². The summed E-state index contributed by atoms with van der Waals surface area (Å²) in [7, 11) is 0. The second-order valence-electron chi connectivity index (χ2n) is 17.7. The minimum absolute atomic E-state index is 0.151. The van der Waals surface area contributed by atoms with Gasteiger partial charge < -0.3 is 53.8 Å². The zero-order valence-electron chi connectivity index (χ0n) is 39.5.